The van der Waals surface area contributed by atoms with Crippen molar-refractivity contribution < 1.29 is 23.4 Å². The number of sulfone groups is 1. The number of rotatable bonds is 12. The van der Waals surface area contributed by atoms with E-state index in [2.05, 4.69) is 0 Å². The lowest BCUT2D eigenvalue weighted by molar-refractivity contribution is 0.125. The van der Waals surface area contributed by atoms with Gasteiger partial charge < -0.3 is 14.9 Å². The number of alkyl halides is 1. The SMILES string of the molecule is CCS(=O)(=O)C[C@H](O)COc1ccc(C(C)(C)c2cc(Cl)c(SC[C@@H](O)CCl)c(Cl)c2)cc1. The molecule has 0 saturated heterocycles. The number of ether oxygens (including phenoxy) is 1. The average Bonchev–Trinajstić information content (AvgIpc) is 2.76. The molecule has 0 unspecified atom stereocenters. The molecule has 0 aliphatic rings. The minimum atomic E-state index is -3.27. The van der Waals surface area contributed by atoms with Crippen molar-refractivity contribution in [3.8, 4) is 5.75 Å². The topological polar surface area (TPSA) is 83.8 Å². The molecule has 33 heavy (non-hydrogen) atoms. The summed E-state index contributed by atoms with van der Waals surface area (Å²) in [5.41, 5.74) is 1.50. The summed E-state index contributed by atoms with van der Waals surface area (Å²) in [5, 5.41) is 20.6. The normalized spacial score (nSPS) is 14.2. The fourth-order valence-electron chi connectivity index (χ4n) is 3.07. The summed E-state index contributed by atoms with van der Waals surface area (Å²) in [6.07, 6.45) is -1.73. The lowest BCUT2D eigenvalue weighted by Crippen LogP contribution is -2.28. The van der Waals surface area contributed by atoms with Gasteiger partial charge in [-0.1, -0.05) is 56.1 Å². The zero-order chi connectivity index (χ0) is 24.8. The molecule has 0 heterocycles. The molecule has 10 heteroatoms. The van der Waals surface area contributed by atoms with Gasteiger partial charge in [-0.05, 0) is 35.4 Å². The van der Waals surface area contributed by atoms with Crippen LogP contribution < -0.4 is 4.74 Å². The summed E-state index contributed by atoms with van der Waals surface area (Å²) in [6, 6.07) is 11.1. The van der Waals surface area contributed by atoms with Crippen molar-refractivity contribution in [1.82, 2.24) is 0 Å². The van der Waals surface area contributed by atoms with E-state index in [1.54, 1.807) is 19.1 Å². The van der Waals surface area contributed by atoms with Crippen molar-refractivity contribution in [2.75, 3.05) is 29.7 Å². The first-order chi connectivity index (χ1) is 15.4. The maximum Gasteiger partial charge on any atom is 0.152 e. The van der Waals surface area contributed by atoms with Gasteiger partial charge in [0.1, 0.15) is 18.5 Å². The second kappa shape index (κ2) is 12.3. The molecule has 0 fully saturated rings. The van der Waals surface area contributed by atoms with E-state index in [9.17, 15) is 18.6 Å². The Balaban J connectivity index is 2.12. The first-order valence-corrected chi connectivity index (χ1v) is 14.5. The summed E-state index contributed by atoms with van der Waals surface area (Å²) in [6.45, 7) is 5.54. The van der Waals surface area contributed by atoms with Crippen molar-refractivity contribution in [3.63, 3.8) is 0 Å². The lowest BCUT2D eigenvalue weighted by atomic mass is 9.78. The molecule has 2 aromatic carbocycles. The van der Waals surface area contributed by atoms with Crippen LogP contribution in [0, 0.1) is 0 Å². The summed E-state index contributed by atoms with van der Waals surface area (Å²) in [4.78, 5) is 0.703. The van der Waals surface area contributed by atoms with Crippen molar-refractivity contribution in [2.24, 2.45) is 0 Å². The Kier molecular flexibility index (Phi) is 10.7. The van der Waals surface area contributed by atoms with Gasteiger partial charge in [-0.15, -0.1) is 23.4 Å². The molecule has 184 valence electrons. The molecule has 2 rings (SSSR count). The summed E-state index contributed by atoms with van der Waals surface area (Å²) in [5.74, 6) is 0.727. The van der Waals surface area contributed by atoms with E-state index in [1.807, 2.05) is 38.1 Å². The predicted molar refractivity (Wildman–Crippen MR) is 138 cm³/mol. The second-order valence-electron chi connectivity index (χ2n) is 8.20. The molecule has 0 amide bonds. The Hall–Kier alpha value is -0.670. The highest BCUT2D eigenvalue weighted by molar-refractivity contribution is 7.99. The summed E-state index contributed by atoms with van der Waals surface area (Å²) in [7, 11) is -3.27. The van der Waals surface area contributed by atoms with E-state index in [0.717, 1.165) is 11.1 Å². The molecule has 5 nitrogen and oxygen atoms in total. The maximum atomic E-state index is 11.6. The van der Waals surface area contributed by atoms with Crippen LogP contribution in [0.1, 0.15) is 31.9 Å². The second-order valence-corrected chi connectivity index (χ2v) is 12.8. The van der Waals surface area contributed by atoms with Gasteiger partial charge in [-0.3, -0.25) is 0 Å². The van der Waals surface area contributed by atoms with Gasteiger partial charge in [-0.2, -0.15) is 0 Å². The number of halogens is 3. The third-order valence-corrected chi connectivity index (χ3v) is 9.45. The Morgan fingerprint density at radius 2 is 1.61 bits per heavy atom. The van der Waals surface area contributed by atoms with Crippen LogP contribution in [-0.2, 0) is 15.3 Å². The summed E-state index contributed by atoms with van der Waals surface area (Å²) >= 11 is 20.0. The van der Waals surface area contributed by atoms with Crippen molar-refractivity contribution in [1.29, 1.82) is 0 Å². The van der Waals surface area contributed by atoms with Crippen LogP contribution >= 0.6 is 46.6 Å². The van der Waals surface area contributed by atoms with Gasteiger partial charge in [-0.25, -0.2) is 8.42 Å². The van der Waals surface area contributed by atoms with Crippen LogP contribution in [0.5, 0.6) is 5.75 Å². The Labute approximate surface area is 215 Å². The summed E-state index contributed by atoms with van der Waals surface area (Å²) < 4.78 is 28.8. The van der Waals surface area contributed by atoms with Gasteiger partial charge in [0.25, 0.3) is 0 Å². The zero-order valence-corrected chi connectivity index (χ0v) is 22.6. The molecule has 0 radical (unpaired) electrons. The fourth-order valence-corrected chi connectivity index (χ4v) is 5.91. The molecule has 0 aromatic heterocycles. The third-order valence-electron chi connectivity index (χ3n) is 5.22. The van der Waals surface area contributed by atoms with Crippen molar-refractivity contribution >= 4 is 56.4 Å². The minimum absolute atomic E-state index is 0.0170. The number of aliphatic hydroxyl groups excluding tert-OH is 2. The molecule has 0 aliphatic heterocycles. The van der Waals surface area contributed by atoms with E-state index in [1.165, 1.54) is 11.8 Å². The van der Waals surface area contributed by atoms with Crippen molar-refractivity contribution in [2.45, 2.75) is 43.3 Å². The smallest absolute Gasteiger partial charge is 0.152 e. The van der Waals surface area contributed by atoms with Gasteiger partial charge in [0.2, 0.25) is 0 Å². The molecule has 2 N–H and O–H groups in total. The molecule has 0 aliphatic carbocycles. The molecule has 0 saturated carbocycles. The Morgan fingerprint density at radius 3 is 2.12 bits per heavy atom. The van der Waals surface area contributed by atoms with E-state index in [0.29, 0.717) is 26.4 Å². The van der Waals surface area contributed by atoms with E-state index >= 15 is 0 Å². The number of hydrogen-bond acceptors (Lipinski definition) is 6. The zero-order valence-electron chi connectivity index (χ0n) is 18.7. The highest BCUT2D eigenvalue weighted by Crippen LogP contribution is 2.41. The lowest BCUT2D eigenvalue weighted by Gasteiger charge is -2.27. The number of benzene rings is 2. The Bertz CT molecular complexity index is 1000. The molecular weight excluding hydrogens is 527 g/mol. The predicted octanol–water partition coefficient (Wildman–Crippen LogP) is 5.19. The molecule has 2 atom stereocenters. The quantitative estimate of drug-likeness (QED) is 0.277. The van der Waals surface area contributed by atoms with E-state index in [-0.39, 0.29) is 24.0 Å². The van der Waals surface area contributed by atoms with Crippen LogP contribution in [0.2, 0.25) is 10.0 Å². The molecule has 2 aromatic rings. The highest BCUT2D eigenvalue weighted by atomic mass is 35.5. The van der Waals surface area contributed by atoms with Gasteiger partial charge in [0, 0.05) is 27.7 Å². The largest absolute Gasteiger partial charge is 0.491 e. The first kappa shape index (κ1) is 28.6. The minimum Gasteiger partial charge on any atom is -0.491 e. The van der Waals surface area contributed by atoms with Gasteiger partial charge >= 0.3 is 0 Å². The average molecular weight is 556 g/mol. The first-order valence-electron chi connectivity index (χ1n) is 10.4. The molecule has 0 spiro atoms. The van der Waals surface area contributed by atoms with Crippen LogP contribution in [0.3, 0.4) is 0 Å². The number of aliphatic hydroxyl groups is 2. The van der Waals surface area contributed by atoms with Crippen LogP contribution in [0.25, 0.3) is 0 Å². The van der Waals surface area contributed by atoms with Crippen LogP contribution in [-0.4, -0.2) is 60.6 Å². The van der Waals surface area contributed by atoms with E-state index in [4.69, 9.17) is 39.5 Å². The van der Waals surface area contributed by atoms with Crippen LogP contribution in [0.4, 0.5) is 0 Å². The van der Waals surface area contributed by atoms with Crippen molar-refractivity contribution in [3.05, 3.63) is 57.6 Å². The van der Waals surface area contributed by atoms with Crippen LogP contribution in [0.15, 0.2) is 41.3 Å². The Morgan fingerprint density at radius 1 is 1.03 bits per heavy atom. The third kappa shape index (κ3) is 8.20. The highest BCUT2D eigenvalue weighted by Gasteiger charge is 2.26. The monoisotopic (exact) mass is 554 g/mol. The van der Waals surface area contributed by atoms with Gasteiger partial charge in [0.15, 0.2) is 9.84 Å². The number of thioether (sulfide) groups is 1. The standard InChI is InChI=1S/C23H29Cl3O5S2/c1-4-33(29,30)14-18(28)12-31-19-7-5-15(6-8-19)23(2,3)16-9-20(25)22(21(26)10-16)32-13-17(27)11-24/h5-10,17-18,27-28H,4,11-14H2,1-3H3/t17-,18+/m0/s1. The molecular formula is C23H29Cl3O5S2. The van der Waals surface area contributed by atoms with Gasteiger partial charge in [0.05, 0.1) is 21.9 Å². The fraction of sp³-hybridized carbons (Fsp3) is 0.478. The maximum absolute atomic E-state index is 11.6. The van der Waals surface area contributed by atoms with E-state index < -0.39 is 27.5 Å². The number of hydrogen-bond donors (Lipinski definition) is 2. The molecule has 0 bridgehead atoms.